The highest BCUT2D eigenvalue weighted by Crippen LogP contribution is 2.26. The summed E-state index contributed by atoms with van der Waals surface area (Å²) in [4.78, 5) is 0.275. The highest BCUT2D eigenvalue weighted by molar-refractivity contribution is 7.89. The first kappa shape index (κ1) is 15.3. The van der Waals surface area contributed by atoms with Crippen LogP contribution in [0.25, 0.3) is 0 Å². The van der Waals surface area contributed by atoms with E-state index >= 15 is 0 Å². The first-order valence-electron chi connectivity index (χ1n) is 7.18. The van der Waals surface area contributed by atoms with E-state index in [9.17, 15) is 8.42 Å². The fourth-order valence-electron chi connectivity index (χ4n) is 2.67. The summed E-state index contributed by atoms with van der Waals surface area (Å²) < 4.78 is 27.7. The van der Waals surface area contributed by atoms with Gasteiger partial charge < -0.3 is 5.73 Å². The molecular weight excluding hydrogens is 272 g/mol. The molecule has 0 saturated heterocycles. The van der Waals surface area contributed by atoms with Crippen molar-refractivity contribution >= 4 is 15.7 Å². The van der Waals surface area contributed by atoms with Gasteiger partial charge in [-0.15, -0.1) is 0 Å². The number of benzene rings is 1. The second-order valence-corrected chi connectivity index (χ2v) is 7.75. The van der Waals surface area contributed by atoms with E-state index in [1.54, 1.807) is 12.1 Å². The van der Waals surface area contributed by atoms with Crippen molar-refractivity contribution in [2.24, 2.45) is 5.92 Å². The molecule has 0 unspecified atom stereocenters. The van der Waals surface area contributed by atoms with Gasteiger partial charge in [0.05, 0.1) is 4.90 Å². The van der Waals surface area contributed by atoms with Crippen LogP contribution >= 0.6 is 0 Å². The molecule has 112 valence electrons. The fourth-order valence-corrected chi connectivity index (χ4v) is 4.10. The van der Waals surface area contributed by atoms with Gasteiger partial charge in [0, 0.05) is 11.7 Å². The van der Waals surface area contributed by atoms with E-state index < -0.39 is 10.0 Å². The van der Waals surface area contributed by atoms with Crippen molar-refractivity contribution in [3.8, 4) is 0 Å². The van der Waals surface area contributed by atoms with E-state index in [2.05, 4.69) is 11.6 Å². The molecule has 3 N–H and O–H groups in total. The molecule has 0 heterocycles. The number of aryl methyl sites for hydroxylation is 1. The van der Waals surface area contributed by atoms with E-state index in [0.29, 0.717) is 11.6 Å². The second kappa shape index (κ2) is 5.74. The third kappa shape index (κ3) is 3.33. The average molecular weight is 296 g/mol. The maximum absolute atomic E-state index is 12.4. The summed E-state index contributed by atoms with van der Waals surface area (Å²) in [7, 11) is -3.47. The Balaban J connectivity index is 2.18. The number of rotatable bonds is 3. The molecule has 0 atom stereocenters. The molecule has 0 amide bonds. The summed E-state index contributed by atoms with van der Waals surface area (Å²) in [6, 6.07) is 3.30. The van der Waals surface area contributed by atoms with Gasteiger partial charge in [-0.05, 0) is 68.7 Å². The van der Waals surface area contributed by atoms with Gasteiger partial charge in [0.25, 0.3) is 0 Å². The van der Waals surface area contributed by atoms with Gasteiger partial charge in [0.15, 0.2) is 0 Å². The fraction of sp³-hybridized carbons (Fsp3) is 0.600. The highest BCUT2D eigenvalue weighted by atomic mass is 32.2. The van der Waals surface area contributed by atoms with Crippen LogP contribution in [0, 0.1) is 19.8 Å². The van der Waals surface area contributed by atoms with E-state index in [0.717, 1.165) is 36.8 Å². The molecule has 1 aliphatic carbocycles. The quantitative estimate of drug-likeness (QED) is 0.842. The van der Waals surface area contributed by atoms with E-state index in [4.69, 9.17) is 5.73 Å². The first-order chi connectivity index (χ1) is 9.29. The minimum absolute atomic E-state index is 0.0547. The van der Waals surface area contributed by atoms with Crippen molar-refractivity contribution in [3.05, 3.63) is 23.3 Å². The summed E-state index contributed by atoms with van der Waals surface area (Å²) >= 11 is 0. The lowest BCUT2D eigenvalue weighted by Crippen LogP contribution is -2.37. The van der Waals surface area contributed by atoms with Gasteiger partial charge in [0.2, 0.25) is 10.0 Å². The third-order valence-corrected chi connectivity index (χ3v) is 5.83. The molecule has 5 heteroatoms. The van der Waals surface area contributed by atoms with Gasteiger partial charge in [-0.3, -0.25) is 0 Å². The average Bonchev–Trinajstić information content (AvgIpc) is 2.38. The molecule has 0 spiro atoms. The number of sulfonamides is 1. The highest BCUT2D eigenvalue weighted by Gasteiger charge is 2.24. The lowest BCUT2D eigenvalue weighted by molar-refractivity contribution is 0.332. The van der Waals surface area contributed by atoms with Crippen LogP contribution in [0.1, 0.15) is 43.7 Å². The molecule has 20 heavy (non-hydrogen) atoms. The summed E-state index contributed by atoms with van der Waals surface area (Å²) in [6.45, 7) is 6.00. The minimum atomic E-state index is -3.47. The van der Waals surface area contributed by atoms with Crippen LogP contribution in [-0.2, 0) is 10.0 Å². The summed E-state index contributed by atoms with van der Waals surface area (Å²) in [5.74, 6) is 0.702. The zero-order chi connectivity index (χ0) is 14.9. The molecule has 0 bridgehead atoms. The number of anilines is 1. The summed E-state index contributed by atoms with van der Waals surface area (Å²) in [6.07, 6.45) is 4.01. The van der Waals surface area contributed by atoms with Gasteiger partial charge in [0.1, 0.15) is 0 Å². The molecule has 1 aromatic carbocycles. The standard InChI is InChI=1S/C15H24N2O2S/c1-10-4-6-13(7-5-10)17-20(18,19)14-8-11(2)12(3)15(16)9-14/h8-10,13,17H,4-7,16H2,1-3H3. The van der Waals surface area contributed by atoms with Crippen molar-refractivity contribution in [1.29, 1.82) is 0 Å². The Bertz CT molecular complexity index is 565. The topological polar surface area (TPSA) is 72.2 Å². The van der Waals surface area contributed by atoms with E-state index in [-0.39, 0.29) is 10.9 Å². The Hall–Kier alpha value is -1.07. The summed E-state index contributed by atoms with van der Waals surface area (Å²) in [5, 5.41) is 0. The van der Waals surface area contributed by atoms with Gasteiger partial charge in [-0.25, -0.2) is 13.1 Å². The molecule has 1 saturated carbocycles. The maximum Gasteiger partial charge on any atom is 0.240 e. The minimum Gasteiger partial charge on any atom is -0.398 e. The summed E-state index contributed by atoms with van der Waals surface area (Å²) in [5.41, 5.74) is 8.25. The maximum atomic E-state index is 12.4. The molecular formula is C15H24N2O2S. The van der Waals surface area contributed by atoms with Crippen LogP contribution in [0.5, 0.6) is 0 Å². The predicted octanol–water partition coefficient (Wildman–Crippen LogP) is 2.74. The monoisotopic (exact) mass is 296 g/mol. The number of nitrogens with one attached hydrogen (secondary N) is 1. The van der Waals surface area contributed by atoms with Crippen molar-refractivity contribution in [2.45, 2.75) is 57.4 Å². The van der Waals surface area contributed by atoms with Crippen LogP contribution in [-0.4, -0.2) is 14.5 Å². The molecule has 1 aliphatic rings. The first-order valence-corrected chi connectivity index (χ1v) is 8.67. The van der Waals surface area contributed by atoms with Crippen LogP contribution in [0.3, 0.4) is 0 Å². The van der Waals surface area contributed by atoms with Crippen molar-refractivity contribution < 1.29 is 8.42 Å². The molecule has 2 rings (SSSR count). The smallest absolute Gasteiger partial charge is 0.240 e. The van der Waals surface area contributed by atoms with Crippen LogP contribution in [0.2, 0.25) is 0 Å². The molecule has 1 fully saturated rings. The number of nitrogen functional groups attached to an aromatic ring is 1. The Kier molecular flexibility index (Phi) is 4.39. The number of nitrogens with two attached hydrogens (primary N) is 1. The molecule has 4 nitrogen and oxygen atoms in total. The van der Waals surface area contributed by atoms with Gasteiger partial charge >= 0.3 is 0 Å². The van der Waals surface area contributed by atoms with Crippen molar-refractivity contribution in [2.75, 3.05) is 5.73 Å². The second-order valence-electron chi connectivity index (χ2n) is 6.03. The molecule has 0 aliphatic heterocycles. The zero-order valence-electron chi connectivity index (χ0n) is 12.4. The van der Waals surface area contributed by atoms with E-state index in [1.807, 2.05) is 13.8 Å². The Labute approximate surface area is 121 Å². The number of hydrogen-bond acceptors (Lipinski definition) is 3. The van der Waals surface area contributed by atoms with Crippen LogP contribution in [0.15, 0.2) is 17.0 Å². The normalized spacial score (nSPS) is 23.8. The lowest BCUT2D eigenvalue weighted by atomic mass is 9.88. The van der Waals surface area contributed by atoms with Crippen molar-refractivity contribution in [3.63, 3.8) is 0 Å². The third-order valence-electron chi connectivity index (χ3n) is 4.33. The Morgan fingerprint density at radius 1 is 1.15 bits per heavy atom. The predicted molar refractivity (Wildman–Crippen MR) is 82.1 cm³/mol. The van der Waals surface area contributed by atoms with Gasteiger partial charge in [-0.1, -0.05) is 6.92 Å². The Morgan fingerprint density at radius 2 is 1.75 bits per heavy atom. The van der Waals surface area contributed by atoms with Gasteiger partial charge in [-0.2, -0.15) is 0 Å². The number of hydrogen-bond donors (Lipinski definition) is 2. The SMILES string of the molecule is Cc1cc(S(=O)(=O)NC2CCC(C)CC2)cc(N)c1C. The lowest BCUT2D eigenvalue weighted by Gasteiger charge is -2.26. The van der Waals surface area contributed by atoms with Crippen molar-refractivity contribution in [1.82, 2.24) is 4.72 Å². The molecule has 0 aromatic heterocycles. The molecule has 1 aromatic rings. The van der Waals surface area contributed by atoms with Crippen LogP contribution < -0.4 is 10.5 Å². The zero-order valence-corrected chi connectivity index (χ0v) is 13.3. The van der Waals surface area contributed by atoms with E-state index in [1.165, 1.54) is 0 Å². The Morgan fingerprint density at radius 3 is 2.30 bits per heavy atom. The molecule has 0 radical (unpaired) electrons. The largest absolute Gasteiger partial charge is 0.398 e. The van der Waals surface area contributed by atoms with Crippen LogP contribution in [0.4, 0.5) is 5.69 Å².